The molecule has 1 fully saturated rings. The number of halogens is 1. The van der Waals surface area contributed by atoms with Crippen molar-refractivity contribution in [2.24, 2.45) is 11.7 Å². The largest absolute Gasteiger partial charge is 0.368 e. The van der Waals surface area contributed by atoms with Gasteiger partial charge < -0.3 is 16.4 Å². The first-order chi connectivity index (χ1) is 12.8. The van der Waals surface area contributed by atoms with Crippen LogP contribution >= 0.6 is 0 Å². The third-order valence-electron chi connectivity index (χ3n) is 4.62. The number of nitrogens with one attached hydrogen (secondary N) is 2. The van der Waals surface area contributed by atoms with Crippen LogP contribution < -0.4 is 16.4 Å². The number of benzene rings is 1. The molecule has 1 saturated carbocycles. The number of carbonyl (C=O) groups excluding carboxylic acids is 4. The van der Waals surface area contributed by atoms with E-state index in [2.05, 4.69) is 10.6 Å². The zero-order valence-electron chi connectivity index (χ0n) is 15.2. The van der Waals surface area contributed by atoms with Crippen LogP contribution in [0.4, 0.5) is 4.39 Å². The minimum atomic E-state index is -0.995. The molecular formula is C19H24FN3O4. The average molecular weight is 377 g/mol. The molecular weight excluding hydrogens is 353 g/mol. The van der Waals surface area contributed by atoms with E-state index in [0.717, 1.165) is 0 Å². The van der Waals surface area contributed by atoms with Crippen LogP contribution in [0.25, 0.3) is 0 Å². The maximum atomic E-state index is 13.4. The predicted molar refractivity (Wildman–Crippen MR) is 95.8 cm³/mol. The van der Waals surface area contributed by atoms with Crippen LogP contribution in [0.3, 0.4) is 0 Å². The van der Waals surface area contributed by atoms with Gasteiger partial charge in [0.2, 0.25) is 17.7 Å². The number of ketones is 1. The smallest absolute Gasteiger partial charge is 0.243 e. The Kier molecular flexibility index (Phi) is 7.04. The number of hydrogen-bond donors (Lipinski definition) is 3. The third kappa shape index (κ3) is 6.16. The van der Waals surface area contributed by atoms with Crippen LogP contribution in [0, 0.1) is 11.7 Å². The van der Waals surface area contributed by atoms with E-state index in [1.807, 2.05) is 0 Å². The Morgan fingerprint density at radius 2 is 2.04 bits per heavy atom. The lowest BCUT2D eigenvalue weighted by Crippen LogP contribution is -2.56. The molecule has 1 aromatic rings. The van der Waals surface area contributed by atoms with E-state index in [1.165, 1.54) is 25.1 Å². The SMILES string of the molecule is CC(=O)N[C@@H](Cc1cccc(F)c1)C(=O)N[C@@H](C(N)=O)[C@@H]1CCCC(=O)C1. The summed E-state index contributed by atoms with van der Waals surface area (Å²) < 4.78 is 13.4. The van der Waals surface area contributed by atoms with E-state index in [9.17, 15) is 23.6 Å². The molecule has 8 heteroatoms. The number of hydrogen-bond acceptors (Lipinski definition) is 4. The van der Waals surface area contributed by atoms with Crippen molar-refractivity contribution >= 4 is 23.5 Å². The summed E-state index contributed by atoms with van der Waals surface area (Å²) in [5, 5.41) is 5.08. The van der Waals surface area contributed by atoms with Crippen LogP contribution in [0.5, 0.6) is 0 Å². The van der Waals surface area contributed by atoms with Crippen molar-refractivity contribution in [2.45, 2.75) is 51.1 Å². The van der Waals surface area contributed by atoms with Crippen molar-refractivity contribution in [3.05, 3.63) is 35.6 Å². The Morgan fingerprint density at radius 1 is 1.30 bits per heavy atom. The van der Waals surface area contributed by atoms with Crippen LogP contribution in [0.15, 0.2) is 24.3 Å². The van der Waals surface area contributed by atoms with Gasteiger partial charge in [-0.2, -0.15) is 0 Å². The van der Waals surface area contributed by atoms with Gasteiger partial charge in [0, 0.05) is 26.2 Å². The summed E-state index contributed by atoms with van der Waals surface area (Å²) in [6, 6.07) is 3.70. The van der Waals surface area contributed by atoms with E-state index >= 15 is 0 Å². The van der Waals surface area contributed by atoms with Gasteiger partial charge in [0.15, 0.2) is 0 Å². The van der Waals surface area contributed by atoms with Crippen LogP contribution in [-0.2, 0) is 25.6 Å². The lowest BCUT2D eigenvalue weighted by atomic mass is 9.82. The Hall–Kier alpha value is -2.77. The van der Waals surface area contributed by atoms with Crippen molar-refractivity contribution in [1.82, 2.24) is 10.6 Å². The highest BCUT2D eigenvalue weighted by atomic mass is 19.1. The monoisotopic (exact) mass is 377 g/mol. The molecule has 0 spiro atoms. The molecule has 27 heavy (non-hydrogen) atoms. The van der Waals surface area contributed by atoms with E-state index in [-0.39, 0.29) is 24.5 Å². The minimum absolute atomic E-state index is 0.0323. The molecule has 0 bridgehead atoms. The summed E-state index contributed by atoms with van der Waals surface area (Å²) in [7, 11) is 0. The Bertz CT molecular complexity index is 737. The molecule has 3 atom stereocenters. The third-order valence-corrected chi connectivity index (χ3v) is 4.62. The fourth-order valence-corrected chi connectivity index (χ4v) is 3.37. The maximum Gasteiger partial charge on any atom is 0.243 e. The highest BCUT2D eigenvalue weighted by molar-refractivity contribution is 5.92. The number of carbonyl (C=O) groups is 4. The van der Waals surface area contributed by atoms with Gasteiger partial charge in [0.1, 0.15) is 23.7 Å². The summed E-state index contributed by atoms with van der Waals surface area (Å²) in [5.74, 6) is -2.54. The highest BCUT2D eigenvalue weighted by Crippen LogP contribution is 2.24. The summed E-state index contributed by atoms with van der Waals surface area (Å²) in [5.41, 5.74) is 5.95. The van der Waals surface area contributed by atoms with Gasteiger partial charge in [-0.25, -0.2) is 4.39 Å². The molecule has 0 unspecified atom stereocenters. The van der Waals surface area contributed by atoms with Crippen molar-refractivity contribution in [3.8, 4) is 0 Å². The normalized spacial score (nSPS) is 19.0. The topological polar surface area (TPSA) is 118 Å². The van der Waals surface area contributed by atoms with Crippen molar-refractivity contribution in [3.63, 3.8) is 0 Å². The second-order valence-corrected chi connectivity index (χ2v) is 6.87. The Balaban J connectivity index is 2.13. The van der Waals surface area contributed by atoms with Crippen molar-refractivity contribution in [1.29, 1.82) is 0 Å². The molecule has 1 aliphatic rings. The molecule has 4 N–H and O–H groups in total. The number of Topliss-reactive ketones (excluding diaryl/α,β-unsaturated/α-hetero) is 1. The molecule has 1 aromatic carbocycles. The molecule has 2 rings (SSSR count). The van der Waals surface area contributed by atoms with Crippen LogP contribution in [0.2, 0.25) is 0 Å². The van der Waals surface area contributed by atoms with Crippen molar-refractivity contribution < 1.29 is 23.6 Å². The maximum absolute atomic E-state index is 13.4. The molecule has 1 aliphatic carbocycles. The molecule has 0 saturated heterocycles. The summed E-state index contributed by atoms with van der Waals surface area (Å²) >= 11 is 0. The van der Waals surface area contributed by atoms with Gasteiger partial charge in [-0.15, -0.1) is 0 Å². The zero-order valence-corrected chi connectivity index (χ0v) is 15.2. The van der Waals surface area contributed by atoms with Crippen LogP contribution in [-0.4, -0.2) is 35.6 Å². The lowest BCUT2D eigenvalue weighted by molar-refractivity contribution is -0.132. The zero-order chi connectivity index (χ0) is 20.0. The quantitative estimate of drug-likeness (QED) is 0.645. The summed E-state index contributed by atoms with van der Waals surface area (Å²) in [4.78, 5) is 47.7. The second kappa shape index (κ2) is 9.25. The first-order valence-electron chi connectivity index (χ1n) is 8.89. The first-order valence-corrected chi connectivity index (χ1v) is 8.89. The summed E-state index contributed by atoms with van der Waals surface area (Å²) in [6.07, 6.45) is 1.95. The van der Waals surface area contributed by atoms with E-state index in [0.29, 0.717) is 24.8 Å². The second-order valence-electron chi connectivity index (χ2n) is 6.87. The fraction of sp³-hybridized carbons (Fsp3) is 0.474. The molecule has 7 nitrogen and oxygen atoms in total. The molecule has 146 valence electrons. The Labute approximate surface area is 156 Å². The van der Waals surface area contributed by atoms with Gasteiger partial charge in [0.05, 0.1) is 0 Å². The standard InChI is InChI=1S/C19H24FN3O4/c1-11(24)22-16(9-12-4-2-6-14(20)8-12)19(27)23-17(18(21)26)13-5-3-7-15(25)10-13/h2,4,6,8,13,16-17H,3,5,7,9-10H2,1H3,(H2,21,26)(H,22,24)(H,23,27)/t13-,16+,17-/m1/s1. The fourth-order valence-electron chi connectivity index (χ4n) is 3.37. The van der Waals surface area contributed by atoms with E-state index in [4.69, 9.17) is 5.73 Å². The Morgan fingerprint density at radius 3 is 2.63 bits per heavy atom. The average Bonchev–Trinajstić information content (AvgIpc) is 2.58. The number of nitrogens with two attached hydrogens (primary N) is 1. The van der Waals surface area contributed by atoms with Gasteiger partial charge in [-0.05, 0) is 36.5 Å². The summed E-state index contributed by atoms with van der Waals surface area (Å²) in [6.45, 7) is 1.26. The predicted octanol–water partition coefficient (Wildman–Crippen LogP) is 0.602. The molecule has 0 aromatic heterocycles. The number of primary amides is 1. The first kappa shape index (κ1) is 20.5. The molecule has 0 heterocycles. The van der Waals surface area contributed by atoms with Gasteiger partial charge >= 0.3 is 0 Å². The van der Waals surface area contributed by atoms with Gasteiger partial charge in [-0.1, -0.05) is 12.1 Å². The number of rotatable bonds is 7. The molecule has 0 radical (unpaired) electrons. The van der Waals surface area contributed by atoms with E-state index < -0.39 is 35.6 Å². The molecule has 3 amide bonds. The number of amides is 3. The van der Waals surface area contributed by atoms with Crippen molar-refractivity contribution in [2.75, 3.05) is 0 Å². The lowest BCUT2D eigenvalue weighted by Gasteiger charge is -2.29. The highest BCUT2D eigenvalue weighted by Gasteiger charge is 2.33. The van der Waals surface area contributed by atoms with Gasteiger partial charge in [-0.3, -0.25) is 19.2 Å². The van der Waals surface area contributed by atoms with Gasteiger partial charge in [0.25, 0.3) is 0 Å². The minimum Gasteiger partial charge on any atom is -0.368 e. The van der Waals surface area contributed by atoms with E-state index in [1.54, 1.807) is 6.07 Å². The van der Waals surface area contributed by atoms with Crippen LogP contribution in [0.1, 0.15) is 38.2 Å². The molecule has 0 aliphatic heterocycles.